The van der Waals surface area contributed by atoms with E-state index in [9.17, 15) is 0 Å². The van der Waals surface area contributed by atoms with Crippen molar-refractivity contribution in [1.82, 2.24) is 4.98 Å². The molecule has 2 heterocycles. The third-order valence-electron chi connectivity index (χ3n) is 5.24. The number of furan rings is 1. The SMILES string of the molecule is [2H]C(C)(C)c1ccc(-c2ccc(-c3cccc4c3oc3ccccc34)nc2)cc1. The van der Waals surface area contributed by atoms with Gasteiger partial charge in [0.2, 0.25) is 0 Å². The molecule has 2 aromatic heterocycles. The van der Waals surface area contributed by atoms with Gasteiger partial charge < -0.3 is 4.42 Å². The van der Waals surface area contributed by atoms with E-state index in [1.54, 1.807) is 0 Å². The summed E-state index contributed by atoms with van der Waals surface area (Å²) in [6, 6.07) is 26.6. The molecule has 0 saturated carbocycles. The van der Waals surface area contributed by atoms with E-state index in [-0.39, 0.29) is 0 Å². The molecule has 2 heteroatoms. The second-order valence-electron chi connectivity index (χ2n) is 7.29. The van der Waals surface area contributed by atoms with Crippen LogP contribution in [0.3, 0.4) is 0 Å². The molecule has 28 heavy (non-hydrogen) atoms. The molecule has 0 unspecified atom stereocenters. The second kappa shape index (κ2) is 6.65. The van der Waals surface area contributed by atoms with Crippen molar-refractivity contribution in [3.8, 4) is 22.4 Å². The Labute approximate surface area is 165 Å². The lowest BCUT2D eigenvalue weighted by molar-refractivity contribution is 0.670. The second-order valence-corrected chi connectivity index (χ2v) is 7.29. The molecular weight excluding hydrogens is 342 g/mol. The molecule has 0 spiro atoms. The molecule has 0 amide bonds. The van der Waals surface area contributed by atoms with Crippen LogP contribution in [0.5, 0.6) is 0 Å². The predicted octanol–water partition coefficient (Wildman–Crippen LogP) is 7.44. The van der Waals surface area contributed by atoms with Gasteiger partial charge in [0.05, 0.1) is 5.69 Å². The summed E-state index contributed by atoms with van der Waals surface area (Å²) in [5.74, 6) is -0.591. The Bertz CT molecular complexity index is 1310. The largest absolute Gasteiger partial charge is 0.455 e. The highest BCUT2D eigenvalue weighted by Crippen LogP contribution is 2.35. The molecule has 3 aromatic carbocycles. The summed E-state index contributed by atoms with van der Waals surface area (Å²) in [4.78, 5) is 4.72. The molecule has 0 N–H and O–H groups in total. The minimum Gasteiger partial charge on any atom is -0.455 e. The molecule has 5 aromatic rings. The van der Waals surface area contributed by atoms with E-state index in [2.05, 4.69) is 42.5 Å². The van der Waals surface area contributed by atoms with Crippen molar-refractivity contribution in [3.63, 3.8) is 0 Å². The number of aromatic nitrogens is 1. The Kier molecular flexibility index (Phi) is 3.71. The van der Waals surface area contributed by atoms with Crippen LogP contribution in [-0.4, -0.2) is 4.98 Å². The van der Waals surface area contributed by atoms with Crippen molar-refractivity contribution in [2.75, 3.05) is 0 Å². The van der Waals surface area contributed by atoms with E-state index < -0.39 is 5.89 Å². The summed E-state index contributed by atoms with van der Waals surface area (Å²) in [5, 5.41) is 2.23. The predicted molar refractivity (Wildman–Crippen MR) is 116 cm³/mol. The fourth-order valence-electron chi connectivity index (χ4n) is 3.67. The Balaban J connectivity index is 1.54. The highest BCUT2D eigenvalue weighted by Gasteiger charge is 2.12. The zero-order chi connectivity index (χ0) is 20.0. The highest BCUT2D eigenvalue weighted by atomic mass is 16.3. The van der Waals surface area contributed by atoms with E-state index >= 15 is 0 Å². The number of hydrogen-bond donors (Lipinski definition) is 0. The molecule has 2 nitrogen and oxygen atoms in total. The summed E-state index contributed by atoms with van der Waals surface area (Å²) in [6.07, 6.45) is 1.90. The van der Waals surface area contributed by atoms with Gasteiger partial charge in [-0.1, -0.05) is 74.5 Å². The standard InChI is InChI=1S/C26H21NO/c1-17(2)18-10-12-19(13-11-18)20-14-15-24(27-16-20)23-8-5-7-22-21-6-3-4-9-25(21)28-26(22)23/h3-17H,1-2H3/i17D. The maximum absolute atomic E-state index is 8.16. The van der Waals surface area contributed by atoms with Crippen LogP contribution in [0.15, 0.2) is 89.5 Å². The molecule has 0 fully saturated rings. The number of rotatable bonds is 3. The van der Waals surface area contributed by atoms with E-state index in [0.717, 1.165) is 49.9 Å². The molecule has 0 atom stereocenters. The Hall–Kier alpha value is -3.39. The van der Waals surface area contributed by atoms with Gasteiger partial charge in [-0.25, -0.2) is 0 Å². The lowest BCUT2D eigenvalue weighted by atomic mass is 9.99. The van der Waals surface area contributed by atoms with Crippen LogP contribution < -0.4 is 0 Å². The van der Waals surface area contributed by atoms with E-state index in [0.29, 0.717) is 0 Å². The molecule has 0 saturated heterocycles. The van der Waals surface area contributed by atoms with Crippen LogP contribution >= 0.6 is 0 Å². The first-order chi connectivity index (χ1) is 14.0. The Morgan fingerprint density at radius 2 is 1.54 bits per heavy atom. The third kappa shape index (κ3) is 2.78. The minimum absolute atomic E-state index is 0.591. The van der Waals surface area contributed by atoms with Crippen molar-refractivity contribution >= 4 is 21.9 Å². The van der Waals surface area contributed by atoms with Gasteiger partial charge in [0.15, 0.2) is 0 Å². The van der Waals surface area contributed by atoms with Gasteiger partial charge in [0.1, 0.15) is 11.2 Å². The minimum atomic E-state index is -0.591. The number of benzene rings is 3. The zero-order valence-electron chi connectivity index (χ0n) is 16.9. The first-order valence-electron chi connectivity index (χ1n) is 9.98. The molecule has 0 radical (unpaired) electrons. The highest BCUT2D eigenvalue weighted by molar-refractivity contribution is 6.09. The molecular formula is C26H21NO. The van der Waals surface area contributed by atoms with Crippen LogP contribution in [-0.2, 0) is 0 Å². The summed E-state index contributed by atoms with van der Waals surface area (Å²) in [7, 11) is 0. The molecule has 0 aliphatic rings. The van der Waals surface area contributed by atoms with Crippen molar-refractivity contribution in [2.24, 2.45) is 0 Å². The average Bonchev–Trinajstić information content (AvgIpc) is 3.12. The number of fused-ring (bicyclic) bond motifs is 3. The van der Waals surface area contributed by atoms with Crippen LogP contribution in [0.1, 0.15) is 26.7 Å². The van der Waals surface area contributed by atoms with Crippen LogP contribution in [0, 0.1) is 0 Å². The van der Waals surface area contributed by atoms with E-state index in [1.165, 1.54) is 0 Å². The number of nitrogens with zero attached hydrogens (tertiary/aromatic N) is 1. The normalized spacial score (nSPS) is 12.4. The molecule has 0 aliphatic carbocycles. The van der Waals surface area contributed by atoms with Gasteiger partial charge in [-0.3, -0.25) is 4.98 Å². The fraction of sp³-hybridized carbons (Fsp3) is 0.115. The van der Waals surface area contributed by atoms with Crippen molar-refractivity contribution in [2.45, 2.75) is 19.7 Å². The van der Waals surface area contributed by atoms with E-state index in [4.69, 9.17) is 10.8 Å². The van der Waals surface area contributed by atoms with Gasteiger partial charge >= 0.3 is 0 Å². The van der Waals surface area contributed by atoms with Crippen molar-refractivity contribution < 1.29 is 5.79 Å². The third-order valence-corrected chi connectivity index (χ3v) is 5.24. The topological polar surface area (TPSA) is 26.0 Å². The lowest BCUT2D eigenvalue weighted by Gasteiger charge is -2.08. The molecule has 5 rings (SSSR count). The van der Waals surface area contributed by atoms with Crippen LogP contribution in [0.4, 0.5) is 0 Å². The summed E-state index contributed by atoms with van der Waals surface area (Å²) in [6.45, 7) is 3.80. The average molecular weight is 364 g/mol. The van der Waals surface area contributed by atoms with E-state index in [1.807, 2.05) is 56.4 Å². The van der Waals surface area contributed by atoms with Crippen LogP contribution in [0.2, 0.25) is 0 Å². The van der Waals surface area contributed by atoms with Gasteiger partial charge in [-0.15, -0.1) is 0 Å². The Morgan fingerprint density at radius 1 is 0.786 bits per heavy atom. The lowest BCUT2D eigenvalue weighted by Crippen LogP contribution is -1.88. The van der Waals surface area contributed by atoms with Gasteiger partial charge in [0.25, 0.3) is 0 Å². The van der Waals surface area contributed by atoms with Crippen LogP contribution in [0.25, 0.3) is 44.3 Å². The number of hydrogen-bond acceptors (Lipinski definition) is 2. The summed E-state index contributed by atoms with van der Waals surface area (Å²) >= 11 is 0. The molecule has 136 valence electrons. The summed E-state index contributed by atoms with van der Waals surface area (Å²) < 4.78 is 14.3. The van der Waals surface area contributed by atoms with Gasteiger partial charge in [-0.05, 0) is 35.2 Å². The molecule has 0 bridgehead atoms. The maximum Gasteiger partial charge on any atom is 0.144 e. The first-order valence-corrected chi connectivity index (χ1v) is 9.48. The number of para-hydroxylation sites is 2. The fourth-order valence-corrected chi connectivity index (χ4v) is 3.67. The smallest absolute Gasteiger partial charge is 0.144 e. The monoisotopic (exact) mass is 364 g/mol. The first kappa shape index (κ1) is 15.6. The van der Waals surface area contributed by atoms with Gasteiger partial charge in [0, 0.05) is 29.5 Å². The number of pyridine rings is 1. The zero-order valence-corrected chi connectivity index (χ0v) is 15.9. The maximum atomic E-state index is 8.16. The Morgan fingerprint density at radius 3 is 2.29 bits per heavy atom. The molecule has 0 aliphatic heterocycles. The summed E-state index contributed by atoms with van der Waals surface area (Å²) in [5.41, 5.74) is 6.81. The van der Waals surface area contributed by atoms with Crippen molar-refractivity contribution in [1.29, 1.82) is 0 Å². The quantitative estimate of drug-likeness (QED) is 0.332. The van der Waals surface area contributed by atoms with Gasteiger partial charge in [-0.2, -0.15) is 0 Å². The van der Waals surface area contributed by atoms with Crippen molar-refractivity contribution in [3.05, 3.63) is 90.6 Å².